The van der Waals surface area contributed by atoms with Gasteiger partial charge in [0, 0.05) is 5.57 Å². The molecule has 0 radical (unpaired) electrons. The molecule has 0 unspecified atom stereocenters. The van der Waals surface area contributed by atoms with E-state index in [1.807, 2.05) is 6.92 Å². The van der Waals surface area contributed by atoms with Crippen LogP contribution in [0.25, 0.3) is 0 Å². The van der Waals surface area contributed by atoms with Crippen LogP contribution in [0.4, 0.5) is 0 Å². The van der Waals surface area contributed by atoms with E-state index in [-0.39, 0.29) is 11.2 Å². The van der Waals surface area contributed by atoms with Gasteiger partial charge in [-0.1, -0.05) is 20.8 Å². The van der Waals surface area contributed by atoms with E-state index in [0.29, 0.717) is 5.57 Å². The summed E-state index contributed by atoms with van der Waals surface area (Å²) >= 11 is 0. The molecule has 13 heavy (non-hydrogen) atoms. The lowest BCUT2D eigenvalue weighted by molar-refractivity contribution is -0.118. The third kappa shape index (κ3) is 4.07. The van der Waals surface area contributed by atoms with Crippen LogP contribution in [0.3, 0.4) is 0 Å². The van der Waals surface area contributed by atoms with Crippen molar-refractivity contribution in [2.75, 3.05) is 6.61 Å². The second-order valence-electron chi connectivity index (χ2n) is 4.21. The topological polar surface area (TPSA) is 37.3 Å². The van der Waals surface area contributed by atoms with Crippen molar-refractivity contribution in [2.45, 2.75) is 34.6 Å². The van der Waals surface area contributed by atoms with Crippen molar-refractivity contribution < 1.29 is 9.90 Å². The third-order valence-electron chi connectivity index (χ3n) is 2.06. The molecule has 0 aliphatic heterocycles. The maximum Gasteiger partial charge on any atom is 0.191 e. The van der Waals surface area contributed by atoms with Gasteiger partial charge < -0.3 is 5.11 Å². The van der Waals surface area contributed by atoms with Crippen LogP contribution in [-0.2, 0) is 4.79 Å². The molecule has 0 saturated heterocycles. The third-order valence-corrected chi connectivity index (χ3v) is 2.06. The van der Waals surface area contributed by atoms with E-state index >= 15 is 0 Å². The lowest BCUT2D eigenvalue weighted by Gasteiger charge is -2.17. The van der Waals surface area contributed by atoms with E-state index < -0.39 is 6.61 Å². The van der Waals surface area contributed by atoms with Crippen LogP contribution in [-0.4, -0.2) is 17.5 Å². The smallest absolute Gasteiger partial charge is 0.191 e. The number of ketones is 1. The second kappa shape index (κ2) is 4.40. The van der Waals surface area contributed by atoms with Crippen LogP contribution in [0.1, 0.15) is 34.6 Å². The monoisotopic (exact) mass is 182 g/mol. The van der Waals surface area contributed by atoms with E-state index in [1.54, 1.807) is 6.92 Å². The Morgan fingerprint density at radius 3 is 2.08 bits per heavy atom. The summed E-state index contributed by atoms with van der Waals surface area (Å²) in [4.78, 5) is 11.0. The van der Waals surface area contributed by atoms with Gasteiger partial charge in [0.2, 0.25) is 0 Å². The van der Waals surface area contributed by atoms with Crippen molar-refractivity contribution in [1.82, 2.24) is 0 Å². The number of hydrogen-bond donors (Lipinski definition) is 1. The Bertz CT molecular complexity index is 260. The van der Waals surface area contributed by atoms with Crippen LogP contribution in [0, 0.1) is 5.41 Å². The van der Waals surface area contributed by atoms with Gasteiger partial charge in [-0.15, -0.1) is 5.73 Å². The first-order chi connectivity index (χ1) is 5.79. The minimum absolute atomic E-state index is 0.0248. The zero-order valence-electron chi connectivity index (χ0n) is 9.06. The van der Waals surface area contributed by atoms with Crippen molar-refractivity contribution in [3.05, 3.63) is 16.9 Å². The molecule has 0 fully saturated rings. The molecule has 0 rings (SSSR count). The Labute approximate surface area is 80.0 Å². The number of aliphatic hydroxyl groups excluding tert-OH is 1. The number of hydrogen-bond acceptors (Lipinski definition) is 2. The first-order valence-electron chi connectivity index (χ1n) is 4.37. The van der Waals surface area contributed by atoms with Gasteiger partial charge in [-0.3, -0.25) is 4.79 Å². The highest BCUT2D eigenvalue weighted by molar-refractivity contribution is 5.95. The van der Waals surface area contributed by atoms with Crippen LogP contribution in [0.15, 0.2) is 16.9 Å². The van der Waals surface area contributed by atoms with Crippen molar-refractivity contribution in [1.29, 1.82) is 0 Å². The van der Waals surface area contributed by atoms with Crippen molar-refractivity contribution in [2.24, 2.45) is 5.41 Å². The fourth-order valence-corrected chi connectivity index (χ4v) is 0.657. The minimum atomic E-state index is -0.434. The fourth-order valence-electron chi connectivity index (χ4n) is 0.657. The summed E-state index contributed by atoms with van der Waals surface area (Å²) in [5.41, 5.74) is 4.53. The number of aliphatic hydroxyl groups is 1. The van der Waals surface area contributed by atoms with E-state index in [4.69, 9.17) is 5.11 Å². The molecule has 0 aliphatic rings. The average Bonchev–Trinajstić information content (AvgIpc) is 2.01. The standard InChI is InChI=1S/C11H18O2/c1-8(10(13)7-12)6-9(2)11(3,4)5/h12H,7H2,1-5H3. The SMILES string of the molecule is CC(=C=C(C)C(C)(C)C)C(=O)CO. The lowest BCUT2D eigenvalue weighted by Crippen LogP contribution is -2.08. The number of carbonyl (C=O) groups is 1. The Hall–Kier alpha value is -0.850. The van der Waals surface area contributed by atoms with Gasteiger partial charge in [0.15, 0.2) is 5.78 Å². The molecule has 0 heterocycles. The molecule has 0 aromatic rings. The van der Waals surface area contributed by atoms with E-state index in [0.717, 1.165) is 5.57 Å². The van der Waals surface area contributed by atoms with Crippen LogP contribution < -0.4 is 0 Å². The molecule has 0 aromatic heterocycles. The van der Waals surface area contributed by atoms with E-state index in [2.05, 4.69) is 26.5 Å². The van der Waals surface area contributed by atoms with Gasteiger partial charge in [-0.2, -0.15) is 0 Å². The highest BCUT2D eigenvalue weighted by Crippen LogP contribution is 2.23. The molecule has 2 nitrogen and oxygen atoms in total. The molecule has 0 saturated carbocycles. The second-order valence-corrected chi connectivity index (χ2v) is 4.21. The van der Waals surface area contributed by atoms with Gasteiger partial charge in [0.05, 0.1) is 0 Å². The van der Waals surface area contributed by atoms with Crippen molar-refractivity contribution in [3.8, 4) is 0 Å². The summed E-state index contributed by atoms with van der Waals surface area (Å²) < 4.78 is 0. The summed E-state index contributed by atoms with van der Waals surface area (Å²) in [5.74, 6) is -0.261. The van der Waals surface area contributed by atoms with E-state index in [1.165, 1.54) is 0 Å². The maximum absolute atomic E-state index is 11.0. The van der Waals surface area contributed by atoms with Gasteiger partial charge in [-0.05, 0) is 24.8 Å². The maximum atomic E-state index is 11.0. The summed E-state index contributed by atoms with van der Waals surface area (Å²) in [6.45, 7) is 9.36. The Balaban J connectivity index is 5.00. The molecule has 0 amide bonds. The number of Topliss-reactive ketones (excluding diaryl/α,β-unsaturated/α-hetero) is 1. The first-order valence-corrected chi connectivity index (χ1v) is 4.37. The number of rotatable bonds is 2. The molecule has 0 aromatic carbocycles. The summed E-state index contributed by atoms with van der Waals surface area (Å²) in [7, 11) is 0. The highest BCUT2D eigenvalue weighted by atomic mass is 16.3. The molecule has 0 bridgehead atoms. The Morgan fingerprint density at radius 1 is 1.31 bits per heavy atom. The molecule has 74 valence electrons. The summed E-state index contributed by atoms with van der Waals surface area (Å²) in [6, 6.07) is 0. The number of carbonyl (C=O) groups excluding carboxylic acids is 1. The average molecular weight is 182 g/mol. The highest BCUT2D eigenvalue weighted by Gasteiger charge is 2.12. The lowest BCUT2D eigenvalue weighted by atomic mass is 9.88. The summed E-state index contributed by atoms with van der Waals surface area (Å²) in [6.07, 6.45) is 0. The van der Waals surface area contributed by atoms with Crippen LogP contribution in [0.5, 0.6) is 0 Å². The quantitative estimate of drug-likeness (QED) is 0.524. The fraction of sp³-hybridized carbons (Fsp3) is 0.636. The van der Waals surface area contributed by atoms with Crippen LogP contribution in [0.2, 0.25) is 0 Å². The normalized spacial score (nSPS) is 10.6. The molecule has 0 aliphatic carbocycles. The predicted octanol–water partition coefficient (Wildman–Crippen LogP) is 2.09. The first kappa shape index (κ1) is 12.2. The molecule has 0 spiro atoms. The molecular weight excluding hydrogens is 164 g/mol. The zero-order chi connectivity index (χ0) is 10.6. The largest absolute Gasteiger partial charge is 0.388 e. The molecule has 0 atom stereocenters. The van der Waals surface area contributed by atoms with Gasteiger partial charge in [0.1, 0.15) is 6.61 Å². The van der Waals surface area contributed by atoms with Gasteiger partial charge in [0.25, 0.3) is 0 Å². The van der Waals surface area contributed by atoms with Crippen molar-refractivity contribution in [3.63, 3.8) is 0 Å². The van der Waals surface area contributed by atoms with Crippen molar-refractivity contribution >= 4 is 5.78 Å². The molecule has 2 heteroatoms. The van der Waals surface area contributed by atoms with E-state index in [9.17, 15) is 4.79 Å². The van der Waals surface area contributed by atoms with Gasteiger partial charge in [-0.25, -0.2) is 0 Å². The van der Waals surface area contributed by atoms with Crippen LogP contribution >= 0.6 is 0 Å². The zero-order valence-corrected chi connectivity index (χ0v) is 9.06. The Morgan fingerprint density at radius 2 is 1.77 bits per heavy atom. The predicted molar refractivity (Wildman–Crippen MR) is 53.4 cm³/mol. The Kier molecular flexibility index (Phi) is 4.12. The summed E-state index contributed by atoms with van der Waals surface area (Å²) in [5, 5.41) is 8.60. The minimum Gasteiger partial charge on any atom is -0.388 e. The molecular formula is C11H18O2. The van der Waals surface area contributed by atoms with Gasteiger partial charge >= 0.3 is 0 Å². The molecule has 1 N–H and O–H groups in total.